The Balaban J connectivity index is 2.41. The second kappa shape index (κ2) is 3.82. The van der Waals surface area contributed by atoms with Crippen molar-refractivity contribution in [1.82, 2.24) is 10.1 Å². The lowest BCUT2D eigenvalue weighted by atomic mass is 10.2. The van der Waals surface area contributed by atoms with Crippen LogP contribution in [0.3, 0.4) is 0 Å². The smallest absolute Gasteiger partial charge is 0.358 e. The minimum atomic E-state index is -1.13. The van der Waals surface area contributed by atoms with Gasteiger partial charge in [-0.2, -0.15) is 0 Å². The summed E-state index contributed by atoms with van der Waals surface area (Å²) >= 11 is 3.21. The van der Waals surface area contributed by atoms with Crippen LogP contribution in [0.4, 0.5) is 0 Å². The second-order valence-corrected chi connectivity index (χ2v) is 3.54. The highest BCUT2D eigenvalue weighted by Crippen LogP contribution is 2.19. The van der Waals surface area contributed by atoms with Crippen LogP contribution in [-0.4, -0.2) is 21.2 Å². The minimum Gasteiger partial charge on any atom is -0.476 e. The van der Waals surface area contributed by atoms with Crippen LogP contribution in [0.15, 0.2) is 33.4 Å². The van der Waals surface area contributed by atoms with Crippen molar-refractivity contribution >= 4 is 21.9 Å². The maximum atomic E-state index is 10.6. The van der Waals surface area contributed by atoms with Crippen molar-refractivity contribution in [3.8, 4) is 11.5 Å². The molecule has 2 rings (SSSR count). The first-order valence-electron chi connectivity index (χ1n) is 4.00. The molecule has 2 aromatic heterocycles. The van der Waals surface area contributed by atoms with E-state index in [1.165, 1.54) is 6.07 Å². The van der Waals surface area contributed by atoms with Crippen LogP contribution >= 0.6 is 15.9 Å². The fourth-order valence-corrected chi connectivity index (χ4v) is 1.39. The molecule has 0 aliphatic carbocycles. The molecule has 0 aromatic carbocycles. The topological polar surface area (TPSA) is 76.2 Å². The molecule has 15 heavy (non-hydrogen) atoms. The zero-order chi connectivity index (χ0) is 10.8. The summed E-state index contributed by atoms with van der Waals surface area (Å²) in [5, 5.41) is 12.0. The van der Waals surface area contributed by atoms with Gasteiger partial charge in [-0.05, 0) is 28.1 Å². The molecule has 2 aromatic rings. The van der Waals surface area contributed by atoms with E-state index >= 15 is 0 Å². The number of carbonyl (C=O) groups is 1. The highest BCUT2D eigenvalue weighted by molar-refractivity contribution is 9.10. The zero-order valence-electron chi connectivity index (χ0n) is 7.35. The Labute approximate surface area is 92.9 Å². The van der Waals surface area contributed by atoms with E-state index in [4.69, 9.17) is 9.63 Å². The van der Waals surface area contributed by atoms with Gasteiger partial charge in [0.1, 0.15) is 10.3 Å². The number of hydrogen-bond donors (Lipinski definition) is 1. The van der Waals surface area contributed by atoms with Gasteiger partial charge in [0.05, 0.1) is 0 Å². The van der Waals surface area contributed by atoms with Crippen molar-refractivity contribution in [3.05, 3.63) is 34.6 Å². The third kappa shape index (κ3) is 2.04. The Kier molecular flexibility index (Phi) is 2.51. The number of hydrogen-bond acceptors (Lipinski definition) is 4. The molecule has 0 fully saturated rings. The van der Waals surface area contributed by atoms with Crippen LogP contribution in [-0.2, 0) is 0 Å². The number of halogens is 1. The molecule has 6 heteroatoms. The van der Waals surface area contributed by atoms with E-state index in [1.807, 2.05) is 0 Å². The number of aromatic nitrogens is 2. The Morgan fingerprint density at radius 1 is 1.47 bits per heavy atom. The van der Waals surface area contributed by atoms with Gasteiger partial charge in [0.25, 0.3) is 0 Å². The summed E-state index contributed by atoms with van der Waals surface area (Å²) in [6, 6.07) is 6.57. The molecular formula is C9H5BrN2O3. The first-order valence-corrected chi connectivity index (χ1v) is 4.79. The number of nitrogens with zero attached hydrogens (tertiary/aromatic N) is 2. The van der Waals surface area contributed by atoms with E-state index in [1.54, 1.807) is 18.2 Å². The van der Waals surface area contributed by atoms with Gasteiger partial charge < -0.3 is 9.63 Å². The van der Waals surface area contributed by atoms with Crippen molar-refractivity contribution in [2.24, 2.45) is 0 Å². The van der Waals surface area contributed by atoms with Crippen LogP contribution in [0.5, 0.6) is 0 Å². The summed E-state index contributed by atoms with van der Waals surface area (Å²) in [6.07, 6.45) is 0. The standard InChI is InChI=1S/C9H5BrN2O3/c10-8-3-1-2-5(11-8)7-4-6(9(13)14)12-15-7/h1-4H,(H,13,14). The third-order valence-electron chi connectivity index (χ3n) is 1.70. The van der Waals surface area contributed by atoms with Crippen molar-refractivity contribution < 1.29 is 14.4 Å². The highest BCUT2D eigenvalue weighted by atomic mass is 79.9. The van der Waals surface area contributed by atoms with E-state index < -0.39 is 5.97 Å². The monoisotopic (exact) mass is 268 g/mol. The Bertz CT molecular complexity index is 510. The quantitative estimate of drug-likeness (QED) is 0.845. The van der Waals surface area contributed by atoms with Gasteiger partial charge in [-0.3, -0.25) is 0 Å². The van der Waals surface area contributed by atoms with Crippen LogP contribution in [0.2, 0.25) is 0 Å². The largest absolute Gasteiger partial charge is 0.476 e. The fourth-order valence-electron chi connectivity index (χ4n) is 1.04. The molecule has 0 unspecified atom stereocenters. The summed E-state index contributed by atoms with van der Waals surface area (Å²) < 4.78 is 5.50. The number of aromatic carboxylic acids is 1. The average molecular weight is 269 g/mol. The summed E-state index contributed by atoms with van der Waals surface area (Å²) in [4.78, 5) is 14.7. The molecule has 76 valence electrons. The molecule has 0 aliphatic rings. The Morgan fingerprint density at radius 3 is 2.87 bits per heavy atom. The van der Waals surface area contributed by atoms with Gasteiger partial charge in [-0.25, -0.2) is 9.78 Å². The van der Waals surface area contributed by atoms with Crippen molar-refractivity contribution in [2.45, 2.75) is 0 Å². The van der Waals surface area contributed by atoms with E-state index in [0.29, 0.717) is 16.1 Å². The van der Waals surface area contributed by atoms with E-state index in [-0.39, 0.29) is 5.69 Å². The van der Waals surface area contributed by atoms with Gasteiger partial charge >= 0.3 is 5.97 Å². The first-order chi connectivity index (χ1) is 7.16. The molecule has 0 atom stereocenters. The first kappa shape index (κ1) is 9.85. The lowest BCUT2D eigenvalue weighted by molar-refractivity contribution is 0.0686. The molecule has 0 amide bonds. The zero-order valence-corrected chi connectivity index (χ0v) is 8.93. The molecule has 0 radical (unpaired) electrons. The predicted molar refractivity (Wildman–Crippen MR) is 54.4 cm³/mol. The number of rotatable bonds is 2. The molecule has 0 saturated carbocycles. The van der Waals surface area contributed by atoms with Crippen molar-refractivity contribution in [3.63, 3.8) is 0 Å². The number of pyridine rings is 1. The Hall–Kier alpha value is -1.69. The molecule has 5 nitrogen and oxygen atoms in total. The van der Waals surface area contributed by atoms with E-state index in [0.717, 1.165) is 0 Å². The lowest BCUT2D eigenvalue weighted by Gasteiger charge is -1.93. The van der Waals surface area contributed by atoms with Crippen molar-refractivity contribution in [1.29, 1.82) is 0 Å². The van der Waals surface area contributed by atoms with Crippen LogP contribution in [0.25, 0.3) is 11.5 Å². The minimum absolute atomic E-state index is 0.133. The highest BCUT2D eigenvalue weighted by Gasteiger charge is 2.12. The summed E-state index contributed by atoms with van der Waals surface area (Å²) in [7, 11) is 0. The maximum absolute atomic E-state index is 10.6. The maximum Gasteiger partial charge on any atom is 0.358 e. The third-order valence-corrected chi connectivity index (χ3v) is 2.14. The normalized spacial score (nSPS) is 10.2. The summed E-state index contributed by atoms with van der Waals surface area (Å²) in [5.74, 6) is -0.798. The summed E-state index contributed by atoms with van der Waals surface area (Å²) in [6.45, 7) is 0. The molecule has 0 saturated heterocycles. The van der Waals surface area contributed by atoms with Gasteiger partial charge in [0, 0.05) is 6.07 Å². The second-order valence-electron chi connectivity index (χ2n) is 2.73. The molecule has 0 bridgehead atoms. The van der Waals surface area contributed by atoms with Crippen LogP contribution in [0.1, 0.15) is 10.5 Å². The van der Waals surface area contributed by atoms with Gasteiger partial charge in [-0.15, -0.1) is 0 Å². The van der Waals surface area contributed by atoms with Gasteiger partial charge in [0.15, 0.2) is 11.5 Å². The van der Waals surface area contributed by atoms with Gasteiger partial charge in [-0.1, -0.05) is 11.2 Å². The fraction of sp³-hybridized carbons (Fsp3) is 0. The van der Waals surface area contributed by atoms with Crippen molar-refractivity contribution in [2.75, 3.05) is 0 Å². The Morgan fingerprint density at radius 2 is 2.27 bits per heavy atom. The molecule has 0 aliphatic heterocycles. The molecule has 1 N–H and O–H groups in total. The van der Waals surface area contributed by atoms with Crippen LogP contribution < -0.4 is 0 Å². The van der Waals surface area contributed by atoms with Crippen LogP contribution in [0, 0.1) is 0 Å². The molecular weight excluding hydrogens is 264 g/mol. The van der Waals surface area contributed by atoms with E-state index in [2.05, 4.69) is 26.1 Å². The SMILES string of the molecule is O=C(O)c1cc(-c2cccc(Br)n2)on1. The van der Waals surface area contributed by atoms with Gasteiger partial charge in [0.2, 0.25) is 0 Å². The predicted octanol–water partition coefficient (Wildman–Crippen LogP) is 2.20. The van der Waals surface area contributed by atoms with E-state index in [9.17, 15) is 4.79 Å². The average Bonchev–Trinajstić information content (AvgIpc) is 2.66. The number of carboxylic acids is 1. The number of carboxylic acid groups (broad SMARTS) is 1. The summed E-state index contributed by atoms with van der Waals surface area (Å²) in [5.41, 5.74) is 0.399. The lowest BCUT2D eigenvalue weighted by Crippen LogP contribution is -1.94. The molecule has 2 heterocycles. The molecule has 0 spiro atoms.